The van der Waals surface area contributed by atoms with Crippen LogP contribution in [0.25, 0.3) is 27.5 Å². The van der Waals surface area contributed by atoms with Gasteiger partial charge in [-0.3, -0.25) is 0 Å². The zero-order chi connectivity index (χ0) is 21.3. The topological polar surface area (TPSA) is 4.93 Å². The highest BCUT2D eigenvalue weighted by Crippen LogP contribution is 2.56. The molecule has 0 unspecified atom stereocenters. The van der Waals surface area contributed by atoms with Crippen molar-refractivity contribution < 1.29 is 0 Å². The second kappa shape index (κ2) is 9.03. The van der Waals surface area contributed by atoms with Gasteiger partial charge in [0.25, 0.3) is 0 Å². The number of para-hydroxylation sites is 3. The van der Waals surface area contributed by atoms with Crippen LogP contribution in [0.4, 0.5) is 0 Å². The van der Waals surface area contributed by atoms with Crippen molar-refractivity contribution in [2.24, 2.45) is 0 Å². The van der Waals surface area contributed by atoms with E-state index in [4.69, 9.17) is 0 Å². The van der Waals surface area contributed by atoms with Gasteiger partial charge in [-0.2, -0.15) is 0 Å². The Kier molecular flexibility index (Phi) is 5.78. The number of hydrogen-bond acceptors (Lipinski definition) is 0. The monoisotopic (exact) mass is 439 g/mol. The average molecular weight is 440 g/mol. The molecule has 0 saturated heterocycles. The molecule has 0 bridgehead atoms. The van der Waals surface area contributed by atoms with E-state index in [1.54, 1.807) is 5.30 Å². The second-order valence-electron chi connectivity index (χ2n) is 9.85. The molecule has 0 amide bonds. The van der Waals surface area contributed by atoms with Crippen LogP contribution in [0.2, 0.25) is 0 Å². The van der Waals surface area contributed by atoms with Crippen molar-refractivity contribution in [3.05, 3.63) is 72.8 Å². The zero-order valence-corrected chi connectivity index (χ0v) is 19.9. The Morgan fingerprint density at radius 3 is 1.56 bits per heavy atom. The van der Waals surface area contributed by atoms with Crippen molar-refractivity contribution in [3.63, 3.8) is 0 Å². The van der Waals surface area contributed by atoms with E-state index in [-0.39, 0.29) is 7.92 Å². The highest BCUT2D eigenvalue weighted by molar-refractivity contribution is 7.67. The summed E-state index contributed by atoms with van der Waals surface area (Å²) in [5.74, 6) is 0. The number of aromatic nitrogens is 1. The third-order valence-electron chi connectivity index (χ3n) is 7.92. The summed E-state index contributed by atoms with van der Waals surface area (Å²) in [6, 6.07) is 27.5. The molecule has 32 heavy (non-hydrogen) atoms. The molecule has 2 saturated carbocycles. The number of benzene rings is 3. The summed E-state index contributed by atoms with van der Waals surface area (Å²) in [6.07, 6.45) is 14.4. The smallest absolute Gasteiger partial charge is 0.0541 e. The maximum absolute atomic E-state index is 2.58. The van der Waals surface area contributed by atoms with Gasteiger partial charge < -0.3 is 4.57 Å². The van der Waals surface area contributed by atoms with Crippen LogP contribution in [0.3, 0.4) is 0 Å². The van der Waals surface area contributed by atoms with E-state index >= 15 is 0 Å². The molecule has 2 heteroatoms. The molecule has 4 aromatic rings. The zero-order valence-electron chi connectivity index (χ0n) is 19.0. The Hall–Kier alpha value is -2.11. The van der Waals surface area contributed by atoms with Crippen LogP contribution in [0.15, 0.2) is 72.8 Å². The van der Waals surface area contributed by atoms with Crippen molar-refractivity contribution in [2.45, 2.75) is 75.5 Å². The molecule has 164 valence electrons. The van der Waals surface area contributed by atoms with Crippen LogP contribution in [0.1, 0.15) is 64.2 Å². The lowest BCUT2D eigenvalue weighted by Crippen LogP contribution is -2.28. The summed E-state index contributed by atoms with van der Waals surface area (Å²) in [4.78, 5) is 0. The van der Waals surface area contributed by atoms with Gasteiger partial charge in [-0.05, 0) is 55.2 Å². The first-order valence-electron chi connectivity index (χ1n) is 12.8. The molecule has 0 radical (unpaired) electrons. The molecule has 2 aliphatic carbocycles. The van der Waals surface area contributed by atoms with Crippen LogP contribution in [0.5, 0.6) is 0 Å². The first-order valence-corrected chi connectivity index (χ1v) is 14.3. The fraction of sp³-hybridized carbons (Fsp3) is 0.400. The van der Waals surface area contributed by atoms with Crippen molar-refractivity contribution >= 4 is 35.0 Å². The fourth-order valence-corrected chi connectivity index (χ4v) is 10.4. The third-order valence-corrected chi connectivity index (χ3v) is 11.5. The number of rotatable bonds is 4. The molecular weight excluding hydrogens is 405 g/mol. The maximum Gasteiger partial charge on any atom is 0.0541 e. The van der Waals surface area contributed by atoms with E-state index in [9.17, 15) is 0 Å². The van der Waals surface area contributed by atoms with E-state index in [1.165, 1.54) is 91.7 Å². The molecule has 0 atom stereocenters. The largest absolute Gasteiger partial charge is 0.309 e. The van der Waals surface area contributed by atoms with E-state index in [2.05, 4.69) is 77.4 Å². The van der Waals surface area contributed by atoms with Crippen LogP contribution in [-0.4, -0.2) is 15.9 Å². The molecule has 6 rings (SSSR count). The summed E-state index contributed by atoms with van der Waals surface area (Å²) in [6.45, 7) is 0. The van der Waals surface area contributed by atoms with Gasteiger partial charge in [-0.1, -0.05) is 101 Å². The summed E-state index contributed by atoms with van der Waals surface area (Å²) >= 11 is 0. The molecule has 1 heterocycles. The molecule has 2 fully saturated rings. The summed E-state index contributed by atoms with van der Waals surface area (Å²) in [5.41, 5.74) is 5.98. The summed E-state index contributed by atoms with van der Waals surface area (Å²) in [5, 5.41) is 4.42. The normalized spacial score (nSPS) is 18.7. The third kappa shape index (κ3) is 3.60. The number of fused-ring (bicyclic) bond motifs is 3. The van der Waals surface area contributed by atoms with E-state index < -0.39 is 0 Å². The minimum atomic E-state index is -0.149. The lowest BCUT2D eigenvalue weighted by atomic mass is 9.99. The minimum absolute atomic E-state index is 0.149. The molecule has 1 aromatic heterocycles. The van der Waals surface area contributed by atoms with Crippen LogP contribution < -0.4 is 5.30 Å². The van der Waals surface area contributed by atoms with Crippen molar-refractivity contribution in [1.29, 1.82) is 0 Å². The van der Waals surface area contributed by atoms with Crippen LogP contribution >= 0.6 is 7.92 Å². The van der Waals surface area contributed by atoms with Crippen molar-refractivity contribution in [1.82, 2.24) is 4.57 Å². The van der Waals surface area contributed by atoms with Crippen molar-refractivity contribution in [2.75, 3.05) is 0 Å². The molecule has 0 N–H and O–H groups in total. The van der Waals surface area contributed by atoms with E-state index in [0.29, 0.717) is 0 Å². The fourth-order valence-electron chi connectivity index (χ4n) is 6.46. The Morgan fingerprint density at radius 1 is 0.531 bits per heavy atom. The van der Waals surface area contributed by atoms with E-state index in [1.807, 2.05) is 0 Å². The molecular formula is C30H34NP. The molecule has 0 aliphatic heterocycles. The standard InChI is InChI=1S/C30H34NP/c1-3-13-23(14-4-1)32(24-15-5-2-6-16-24)30-22-12-11-21-29(30)31-27-19-9-7-17-25(27)26-18-8-10-20-28(26)31/h7-12,17-24H,1-6,13-16H2. The predicted molar refractivity (Wildman–Crippen MR) is 141 cm³/mol. The van der Waals surface area contributed by atoms with Gasteiger partial charge in [0.1, 0.15) is 0 Å². The first kappa shape index (κ1) is 20.5. The second-order valence-corrected chi connectivity index (χ2v) is 12.6. The van der Waals surface area contributed by atoms with E-state index in [0.717, 1.165) is 11.3 Å². The maximum atomic E-state index is 2.58. The summed E-state index contributed by atoms with van der Waals surface area (Å²) in [7, 11) is -0.149. The lowest BCUT2D eigenvalue weighted by molar-refractivity contribution is 0.487. The number of hydrogen-bond donors (Lipinski definition) is 0. The summed E-state index contributed by atoms with van der Waals surface area (Å²) < 4.78 is 2.58. The SMILES string of the molecule is c1ccc(P(C2CCCCC2)C2CCCCC2)c(-n2c3ccccc3c3ccccc32)c1. The van der Waals surface area contributed by atoms with Crippen LogP contribution in [-0.2, 0) is 0 Å². The van der Waals surface area contributed by atoms with Crippen molar-refractivity contribution in [3.8, 4) is 5.69 Å². The van der Waals surface area contributed by atoms with Gasteiger partial charge in [-0.15, -0.1) is 0 Å². The van der Waals surface area contributed by atoms with Gasteiger partial charge in [0.15, 0.2) is 0 Å². The molecule has 3 aromatic carbocycles. The number of nitrogens with zero attached hydrogens (tertiary/aromatic N) is 1. The van der Waals surface area contributed by atoms with Crippen LogP contribution in [0, 0.1) is 0 Å². The molecule has 0 spiro atoms. The lowest BCUT2D eigenvalue weighted by Gasteiger charge is -2.39. The average Bonchev–Trinajstić information content (AvgIpc) is 3.20. The van der Waals surface area contributed by atoms with Gasteiger partial charge in [-0.25, -0.2) is 0 Å². The quantitative estimate of drug-likeness (QED) is 0.281. The van der Waals surface area contributed by atoms with Gasteiger partial charge in [0.05, 0.1) is 16.7 Å². The Morgan fingerprint density at radius 2 is 1.00 bits per heavy atom. The Labute approximate surface area is 193 Å². The molecule has 1 nitrogen and oxygen atoms in total. The highest BCUT2D eigenvalue weighted by Gasteiger charge is 2.34. The Balaban J connectivity index is 1.57. The van der Waals surface area contributed by atoms with Gasteiger partial charge in [0.2, 0.25) is 0 Å². The Bertz CT molecular complexity index is 1140. The van der Waals surface area contributed by atoms with Gasteiger partial charge >= 0.3 is 0 Å². The predicted octanol–water partition coefficient (Wildman–Crippen LogP) is 8.56. The highest BCUT2D eigenvalue weighted by atomic mass is 31.1. The van der Waals surface area contributed by atoms with Gasteiger partial charge in [0, 0.05) is 16.1 Å². The first-order chi connectivity index (χ1) is 15.9. The minimum Gasteiger partial charge on any atom is -0.309 e. The molecule has 2 aliphatic rings.